The number of aromatic nitrogens is 1. The molecule has 2 rings (SSSR count). The second-order valence-electron chi connectivity index (χ2n) is 4.65. The fourth-order valence-corrected chi connectivity index (χ4v) is 1.86. The smallest absolute Gasteiger partial charge is 0.254 e. The summed E-state index contributed by atoms with van der Waals surface area (Å²) < 4.78 is 5.60. The van der Waals surface area contributed by atoms with E-state index in [-0.39, 0.29) is 11.7 Å². The van der Waals surface area contributed by atoms with Gasteiger partial charge in [0.2, 0.25) is 0 Å². The van der Waals surface area contributed by atoms with Crippen molar-refractivity contribution in [1.29, 1.82) is 0 Å². The zero-order valence-electron chi connectivity index (χ0n) is 10.7. The maximum atomic E-state index is 11.7. The van der Waals surface area contributed by atoms with Crippen molar-refractivity contribution in [3.8, 4) is 5.75 Å². The lowest BCUT2D eigenvalue weighted by atomic mass is 10.1. The Bertz CT molecular complexity index is 614. The lowest BCUT2D eigenvalue weighted by Crippen LogP contribution is -2.14. The van der Waals surface area contributed by atoms with Gasteiger partial charge in [0, 0.05) is 16.5 Å². The van der Waals surface area contributed by atoms with Crippen LogP contribution in [0.4, 0.5) is 0 Å². The first-order chi connectivity index (χ1) is 8.47. The van der Waals surface area contributed by atoms with Gasteiger partial charge >= 0.3 is 0 Å². The average molecular weight is 247 g/mol. The molecule has 0 saturated heterocycles. The first-order valence-electron chi connectivity index (χ1n) is 5.99. The van der Waals surface area contributed by atoms with E-state index >= 15 is 0 Å². The van der Waals surface area contributed by atoms with E-state index in [4.69, 9.17) is 4.74 Å². The normalized spacial score (nSPS) is 12.9. The Morgan fingerprint density at radius 2 is 1.94 bits per heavy atom. The molecule has 0 bridgehead atoms. The van der Waals surface area contributed by atoms with Crippen molar-refractivity contribution < 1.29 is 9.84 Å². The molecule has 0 aliphatic heterocycles. The van der Waals surface area contributed by atoms with E-state index in [1.807, 2.05) is 26.0 Å². The molecule has 0 aliphatic rings. The van der Waals surface area contributed by atoms with Crippen LogP contribution in [0, 0.1) is 0 Å². The maximum absolute atomic E-state index is 11.7. The summed E-state index contributed by atoms with van der Waals surface area (Å²) in [5.74, 6) is 0.751. The van der Waals surface area contributed by atoms with Crippen LogP contribution < -0.4 is 10.3 Å². The molecule has 2 aromatic rings. The Hall–Kier alpha value is -1.81. The number of nitrogens with one attached hydrogen (secondary N) is 1. The van der Waals surface area contributed by atoms with Gasteiger partial charge in [-0.05, 0) is 45.0 Å². The van der Waals surface area contributed by atoms with E-state index in [0.717, 1.165) is 16.7 Å². The van der Waals surface area contributed by atoms with Gasteiger partial charge in [0.15, 0.2) is 0 Å². The molecule has 1 aromatic heterocycles. The van der Waals surface area contributed by atoms with Crippen molar-refractivity contribution in [1.82, 2.24) is 4.98 Å². The van der Waals surface area contributed by atoms with Crippen LogP contribution in [0.3, 0.4) is 0 Å². The minimum Gasteiger partial charge on any atom is -0.491 e. The van der Waals surface area contributed by atoms with Crippen LogP contribution in [-0.2, 0) is 0 Å². The summed E-state index contributed by atoms with van der Waals surface area (Å²) in [6.45, 7) is 5.49. The summed E-state index contributed by atoms with van der Waals surface area (Å²) >= 11 is 0. The molecule has 0 amide bonds. The maximum Gasteiger partial charge on any atom is 0.254 e. The number of aliphatic hydroxyl groups is 1. The van der Waals surface area contributed by atoms with Gasteiger partial charge in [0.05, 0.1) is 12.2 Å². The Kier molecular flexibility index (Phi) is 3.39. The van der Waals surface area contributed by atoms with Crippen LogP contribution in [0.15, 0.2) is 29.1 Å². The summed E-state index contributed by atoms with van der Waals surface area (Å²) in [7, 11) is 0. The fourth-order valence-electron chi connectivity index (χ4n) is 1.86. The molecule has 4 heteroatoms. The van der Waals surface area contributed by atoms with Crippen molar-refractivity contribution in [2.24, 2.45) is 0 Å². The van der Waals surface area contributed by atoms with Crippen LogP contribution >= 0.6 is 0 Å². The lowest BCUT2D eigenvalue weighted by Gasteiger charge is -2.11. The van der Waals surface area contributed by atoms with Crippen LogP contribution in [-0.4, -0.2) is 16.2 Å². The second kappa shape index (κ2) is 4.82. The molecule has 0 aliphatic carbocycles. The Morgan fingerprint density at radius 3 is 2.56 bits per heavy atom. The van der Waals surface area contributed by atoms with Crippen LogP contribution in [0.2, 0.25) is 0 Å². The van der Waals surface area contributed by atoms with E-state index < -0.39 is 6.10 Å². The van der Waals surface area contributed by atoms with Crippen molar-refractivity contribution >= 4 is 10.9 Å². The molecule has 96 valence electrons. The van der Waals surface area contributed by atoms with Gasteiger partial charge in [-0.2, -0.15) is 0 Å². The molecule has 1 unspecified atom stereocenters. The number of hydrogen-bond donors (Lipinski definition) is 2. The van der Waals surface area contributed by atoms with Gasteiger partial charge in [0.25, 0.3) is 5.56 Å². The zero-order valence-corrected chi connectivity index (χ0v) is 10.7. The van der Waals surface area contributed by atoms with Gasteiger partial charge in [0.1, 0.15) is 5.75 Å². The molecule has 0 radical (unpaired) electrons. The predicted molar refractivity (Wildman–Crippen MR) is 71.0 cm³/mol. The van der Waals surface area contributed by atoms with Gasteiger partial charge < -0.3 is 14.8 Å². The number of aliphatic hydroxyl groups excluding tert-OH is 1. The number of hydrogen-bond acceptors (Lipinski definition) is 3. The largest absolute Gasteiger partial charge is 0.491 e. The van der Waals surface area contributed by atoms with Crippen LogP contribution in [0.1, 0.15) is 32.4 Å². The van der Waals surface area contributed by atoms with E-state index in [9.17, 15) is 9.90 Å². The van der Waals surface area contributed by atoms with E-state index in [1.54, 1.807) is 19.1 Å². The Morgan fingerprint density at radius 1 is 1.22 bits per heavy atom. The lowest BCUT2D eigenvalue weighted by molar-refractivity contribution is 0.198. The third-order valence-electron chi connectivity index (χ3n) is 2.67. The highest BCUT2D eigenvalue weighted by Gasteiger charge is 2.08. The molecule has 1 aromatic carbocycles. The third kappa shape index (κ3) is 2.54. The summed E-state index contributed by atoms with van der Waals surface area (Å²) in [5, 5.41) is 10.4. The Balaban J connectivity index is 2.54. The average Bonchev–Trinajstić information content (AvgIpc) is 2.27. The van der Waals surface area contributed by atoms with Crippen molar-refractivity contribution in [3.63, 3.8) is 0 Å². The molecule has 4 nitrogen and oxygen atoms in total. The highest BCUT2D eigenvalue weighted by atomic mass is 16.5. The number of benzene rings is 1. The molecule has 2 N–H and O–H groups in total. The minimum absolute atomic E-state index is 0.0986. The molecule has 1 atom stereocenters. The monoisotopic (exact) mass is 247 g/mol. The molecular weight excluding hydrogens is 230 g/mol. The third-order valence-corrected chi connectivity index (χ3v) is 2.67. The zero-order chi connectivity index (χ0) is 13.3. The Labute approximate surface area is 105 Å². The molecule has 18 heavy (non-hydrogen) atoms. The predicted octanol–water partition coefficient (Wildman–Crippen LogP) is 2.37. The molecule has 0 saturated carbocycles. The number of ether oxygens (including phenoxy) is 1. The van der Waals surface area contributed by atoms with Crippen molar-refractivity contribution in [2.45, 2.75) is 33.0 Å². The van der Waals surface area contributed by atoms with E-state index in [0.29, 0.717) is 5.56 Å². The summed E-state index contributed by atoms with van der Waals surface area (Å²) in [6, 6.07) is 7.18. The van der Waals surface area contributed by atoms with E-state index in [1.165, 1.54) is 0 Å². The number of fused-ring (bicyclic) bond motifs is 1. The van der Waals surface area contributed by atoms with Gasteiger partial charge in [-0.15, -0.1) is 0 Å². The van der Waals surface area contributed by atoms with Crippen molar-refractivity contribution in [2.75, 3.05) is 0 Å². The summed E-state index contributed by atoms with van der Waals surface area (Å²) in [5.41, 5.74) is 0.847. The van der Waals surface area contributed by atoms with Gasteiger partial charge in [-0.1, -0.05) is 0 Å². The minimum atomic E-state index is -0.784. The second-order valence-corrected chi connectivity index (χ2v) is 4.65. The van der Waals surface area contributed by atoms with Gasteiger partial charge in [-0.3, -0.25) is 4.79 Å². The summed E-state index contributed by atoms with van der Waals surface area (Å²) in [4.78, 5) is 14.4. The number of H-pyrrole nitrogens is 1. The standard InChI is InChI=1S/C14H17NO3/c1-8(2)18-11-4-5-13-10(6-11)7-12(9(3)16)14(17)15-13/h4-9,16H,1-3H3,(H,15,17). The first kappa shape index (κ1) is 12.6. The quantitative estimate of drug-likeness (QED) is 0.875. The first-order valence-corrected chi connectivity index (χ1v) is 5.99. The molecule has 0 spiro atoms. The number of aromatic amines is 1. The highest BCUT2D eigenvalue weighted by Crippen LogP contribution is 2.21. The molecule has 1 heterocycles. The SMILES string of the molecule is CC(C)Oc1ccc2[nH]c(=O)c(C(C)O)cc2c1. The van der Waals surface area contributed by atoms with Crippen LogP contribution in [0.5, 0.6) is 5.75 Å². The molecular formula is C14H17NO3. The number of pyridine rings is 1. The van der Waals surface area contributed by atoms with Crippen molar-refractivity contribution in [3.05, 3.63) is 40.2 Å². The van der Waals surface area contributed by atoms with Crippen LogP contribution in [0.25, 0.3) is 10.9 Å². The number of rotatable bonds is 3. The summed E-state index contributed by atoms with van der Waals surface area (Å²) in [6.07, 6.45) is -0.686. The topological polar surface area (TPSA) is 62.3 Å². The molecule has 0 fully saturated rings. The fraction of sp³-hybridized carbons (Fsp3) is 0.357. The van der Waals surface area contributed by atoms with Gasteiger partial charge in [-0.25, -0.2) is 0 Å². The van der Waals surface area contributed by atoms with E-state index in [2.05, 4.69) is 4.98 Å². The highest BCUT2D eigenvalue weighted by molar-refractivity contribution is 5.80.